The standard InChI is InChI=1S/C21H16FN7O2/c1-31-14-8-6-13(7-9-14)26-20-16(19(25)30)21-27-17(11-2-4-12(22)5-3-11)15(10-23)18(24)29(21)28-20/h2-9H,24H2,1H3,(H2,25,30)(H,26,28). The van der Waals surface area contributed by atoms with Gasteiger partial charge in [0.15, 0.2) is 11.5 Å². The fourth-order valence-corrected chi connectivity index (χ4v) is 3.12. The summed E-state index contributed by atoms with van der Waals surface area (Å²) in [6, 6.07) is 14.3. The second kappa shape index (κ2) is 7.64. The molecule has 0 saturated heterocycles. The van der Waals surface area contributed by atoms with Gasteiger partial charge in [-0.05, 0) is 48.5 Å². The van der Waals surface area contributed by atoms with Gasteiger partial charge in [-0.3, -0.25) is 4.79 Å². The average Bonchev–Trinajstić information content (AvgIpc) is 3.13. The van der Waals surface area contributed by atoms with Gasteiger partial charge in [0.1, 0.15) is 34.6 Å². The maximum atomic E-state index is 13.3. The zero-order chi connectivity index (χ0) is 22.1. The first-order valence-electron chi connectivity index (χ1n) is 9.02. The number of carbonyl (C=O) groups excluding carboxylic acids is 1. The highest BCUT2D eigenvalue weighted by molar-refractivity contribution is 6.05. The molecule has 2 aromatic carbocycles. The lowest BCUT2D eigenvalue weighted by Gasteiger charge is -2.08. The summed E-state index contributed by atoms with van der Waals surface area (Å²) in [6.45, 7) is 0. The molecule has 1 amide bonds. The number of nitrogens with two attached hydrogens (primary N) is 2. The first-order chi connectivity index (χ1) is 14.9. The lowest BCUT2D eigenvalue weighted by atomic mass is 10.1. The number of nitriles is 1. The number of methoxy groups -OCH3 is 1. The number of nitrogen functional groups attached to an aromatic ring is 1. The summed E-state index contributed by atoms with van der Waals surface area (Å²) in [5.41, 5.74) is 13.1. The van der Waals surface area contributed by atoms with Crippen LogP contribution in [-0.2, 0) is 0 Å². The second-order valence-corrected chi connectivity index (χ2v) is 6.52. The van der Waals surface area contributed by atoms with Crippen LogP contribution in [-0.4, -0.2) is 27.6 Å². The van der Waals surface area contributed by atoms with Gasteiger partial charge < -0.3 is 21.5 Å². The van der Waals surface area contributed by atoms with Gasteiger partial charge in [0.25, 0.3) is 5.91 Å². The number of aromatic nitrogens is 3. The van der Waals surface area contributed by atoms with Crippen LogP contribution in [0.4, 0.5) is 21.7 Å². The molecule has 5 N–H and O–H groups in total. The number of rotatable bonds is 5. The Morgan fingerprint density at radius 1 is 1.19 bits per heavy atom. The number of carbonyl (C=O) groups is 1. The lowest BCUT2D eigenvalue weighted by Crippen LogP contribution is -2.14. The van der Waals surface area contributed by atoms with E-state index in [1.165, 1.54) is 28.8 Å². The predicted molar refractivity (Wildman–Crippen MR) is 112 cm³/mol. The monoisotopic (exact) mass is 417 g/mol. The van der Waals surface area contributed by atoms with E-state index in [1.807, 2.05) is 6.07 Å². The van der Waals surface area contributed by atoms with Crippen molar-refractivity contribution in [2.45, 2.75) is 0 Å². The Balaban J connectivity index is 1.92. The van der Waals surface area contributed by atoms with E-state index in [0.29, 0.717) is 17.0 Å². The summed E-state index contributed by atoms with van der Waals surface area (Å²) < 4.78 is 19.7. The number of halogens is 1. The fraction of sp³-hybridized carbons (Fsp3) is 0.0476. The van der Waals surface area contributed by atoms with Crippen molar-refractivity contribution in [3.05, 3.63) is 65.5 Å². The summed E-state index contributed by atoms with van der Waals surface area (Å²) in [6.07, 6.45) is 0. The molecule has 0 aliphatic rings. The first kappa shape index (κ1) is 19.7. The van der Waals surface area contributed by atoms with E-state index < -0.39 is 11.7 Å². The number of primary amides is 1. The summed E-state index contributed by atoms with van der Waals surface area (Å²) >= 11 is 0. The number of fused-ring (bicyclic) bond motifs is 1. The molecule has 2 aromatic heterocycles. The SMILES string of the molecule is COc1ccc(Nc2nn3c(N)c(C#N)c(-c4ccc(F)cc4)nc3c2C(N)=O)cc1. The molecule has 2 heterocycles. The van der Waals surface area contributed by atoms with Gasteiger partial charge in [0.05, 0.1) is 12.8 Å². The van der Waals surface area contributed by atoms with Crippen molar-refractivity contribution >= 4 is 28.9 Å². The van der Waals surface area contributed by atoms with Crippen LogP contribution in [0.1, 0.15) is 15.9 Å². The third-order valence-electron chi connectivity index (χ3n) is 4.63. The van der Waals surface area contributed by atoms with E-state index in [0.717, 1.165) is 0 Å². The molecule has 4 aromatic rings. The number of nitrogens with zero attached hydrogens (tertiary/aromatic N) is 4. The van der Waals surface area contributed by atoms with Crippen molar-refractivity contribution < 1.29 is 13.9 Å². The molecule has 10 heteroatoms. The van der Waals surface area contributed by atoms with Crippen molar-refractivity contribution in [2.75, 3.05) is 18.2 Å². The minimum atomic E-state index is -0.785. The van der Waals surface area contributed by atoms with Crippen LogP contribution in [0.15, 0.2) is 48.5 Å². The van der Waals surface area contributed by atoms with Crippen molar-refractivity contribution in [2.24, 2.45) is 5.73 Å². The maximum Gasteiger partial charge on any atom is 0.256 e. The minimum Gasteiger partial charge on any atom is -0.497 e. The molecule has 0 atom stereocenters. The van der Waals surface area contributed by atoms with Gasteiger partial charge in [-0.15, -0.1) is 5.10 Å². The number of benzene rings is 2. The van der Waals surface area contributed by atoms with Crippen LogP contribution in [0.2, 0.25) is 0 Å². The summed E-state index contributed by atoms with van der Waals surface area (Å²) in [5, 5.41) is 17.0. The molecule has 0 unspecified atom stereocenters. The van der Waals surface area contributed by atoms with Gasteiger partial charge in [0.2, 0.25) is 0 Å². The average molecular weight is 417 g/mol. The number of amides is 1. The fourth-order valence-electron chi connectivity index (χ4n) is 3.12. The van der Waals surface area contributed by atoms with Crippen LogP contribution in [0.3, 0.4) is 0 Å². The molecular weight excluding hydrogens is 401 g/mol. The third-order valence-corrected chi connectivity index (χ3v) is 4.63. The Kier molecular flexibility index (Phi) is 4.85. The van der Waals surface area contributed by atoms with E-state index in [4.69, 9.17) is 16.2 Å². The Bertz CT molecular complexity index is 1340. The Morgan fingerprint density at radius 2 is 1.87 bits per heavy atom. The quantitative estimate of drug-likeness (QED) is 0.453. The number of hydrogen-bond acceptors (Lipinski definition) is 7. The van der Waals surface area contributed by atoms with Crippen LogP contribution >= 0.6 is 0 Å². The highest BCUT2D eigenvalue weighted by Gasteiger charge is 2.24. The number of hydrogen-bond donors (Lipinski definition) is 3. The first-order valence-corrected chi connectivity index (χ1v) is 9.02. The molecule has 0 bridgehead atoms. The van der Waals surface area contributed by atoms with Crippen molar-refractivity contribution in [1.29, 1.82) is 5.26 Å². The molecular formula is C21H16FN7O2. The van der Waals surface area contributed by atoms with Gasteiger partial charge in [-0.25, -0.2) is 9.37 Å². The van der Waals surface area contributed by atoms with Gasteiger partial charge >= 0.3 is 0 Å². The minimum absolute atomic E-state index is 0.00429. The lowest BCUT2D eigenvalue weighted by molar-refractivity contribution is 0.100. The molecule has 4 rings (SSSR count). The molecule has 0 fully saturated rings. The van der Waals surface area contributed by atoms with E-state index in [9.17, 15) is 14.4 Å². The zero-order valence-electron chi connectivity index (χ0n) is 16.3. The molecule has 9 nitrogen and oxygen atoms in total. The zero-order valence-corrected chi connectivity index (χ0v) is 16.3. The second-order valence-electron chi connectivity index (χ2n) is 6.52. The molecule has 0 spiro atoms. The molecule has 0 saturated carbocycles. The Labute approximate surface area is 175 Å². The van der Waals surface area contributed by atoms with Gasteiger partial charge in [0, 0.05) is 11.3 Å². The molecule has 0 aliphatic carbocycles. The number of anilines is 3. The van der Waals surface area contributed by atoms with Crippen molar-refractivity contribution in [3.63, 3.8) is 0 Å². The normalized spacial score (nSPS) is 10.6. The summed E-state index contributed by atoms with van der Waals surface area (Å²) in [5.74, 6) is -0.476. The molecule has 31 heavy (non-hydrogen) atoms. The molecule has 0 aliphatic heterocycles. The molecule has 0 radical (unpaired) electrons. The van der Waals surface area contributed by atoms with Gasteiger partial charge in [-0.1, -0.05) is 0 Å². The maximum absolute atomic E-state index is 13.3. The Hall–Kier alpha value is -4.65. The van der Waals surface area contributed by atoms with E-state index in [1.54, 1.807) is 31.4 Å². The summed E-state index contributed by atoms with van der Waals surface area (Å²) in [4.78, 5) is 16.7. The highest BCUT2D eigenvalue weighted by atomic mass is 19.1. The topological polar surface area (TPSA) is 144 Å². The summed E-state index contributed by atoms with van der Waals surface area (Å²) in [7, 11) is 1.55. The van der Waals surface area contributed by atoms with Crippen LogP contribution < -0.4 is 21.5 Å². The van der Waals surface area contributed by atoms with E-state index >= 15 is 0 Å². The number of ether oxygens (including phenoxy) is 1. The van der Waals surface area contributed by atoms with E-state index in [-0.39, 0.29) is 34.1 Å². The van der Waals surface area contributed by atoms with E-state index in [2.05, 4.69) is 15.4 Å². The van der Waals surface area contributed by atoms with Crippen molar-refractivity contribution in [3.8, 4) is 23.1 Å². The third kappa shape index (κ3) is 3.44. The Morgan fingerprint density at radius 3 is 2.45 bits per heavy atom. The number of nitrogens with one attached hydrogen (secondary N) is 1. The van der Waals surface area contributed by atoms with Gasteiger partial charge in [-0.2, -0.15) is 9.78 Å². The van der Waals surface area contributed by atoms with Crippen molar-refractivity contribution in [1.82, 2.24) is 14.6 Å². The smallest absolute Gasteiger partial charge is 0.256 e. The van der Waals surface area contributed by atoms with Crippen LogP contribution in [0.25, 0.3) is 16.9 Å². The largest absolute Gasteiger partial charge is 0.497 e. The highest BCUT2D eigenvalue weighted by Crippen LogP contribution is 2.31. The molecule has 154 valence electrons. The van der Waals surface area contributed by atoms with Crippen LogP contribution in [0, 0.1) is 17.1 Å². The van der Waals surface area contributed by atoms with Crippen LogP contribution in [0.5, 0.6) is 5.75 Å². The predicted octanol–water partition coefficient (Wildman–Crippen LogP) is 2.84.